The third-order valence-corrected chi connectivity index (χ3v) is 2.97. The molecule has 1 atom stereocenters. The zero-order chi connectivity index (χ0) is 14.5. The highest BCUT2D eigenvalue weighted by atomic mass is 16.5. The van der Waals surface area contributed by atoms with Crippen molar-refractivity contribution in [3.8, 4) is 17.7 Å². The van der Waals surface area contributed by atoms with Gasteiger partial charge in [0.25, 0.3) is 0 Å². The number of benzene rings is 1. The summed E-state index contributed by atoms with van der Waals surface area (Å²) >= 11 is 0. The fourth-order valence-electron chi connectivity index (χ4n) is 1.94. The summed E-state index contributed by atoms with van der Waals surface area (Å²) < 4.78 is 10.3. The quantitative estimate of drug-likeness (QED) is 0.861. The Kier molecular flexibility index (Phi) is 4.06. The van der Waals surface area contributed by atoms with Gasteiger partial charge in [-0.1, -0.05) is 18.2 Å². The Hall–Kier alpha value is -2.74. The predicted octanol–water partition coefficient (Wildman–Crippen LogP) is 2.34. The van der Waals surface area contributed by atoms with Gasteiger partial charge in [0.1, 0.15) is 11.7 Å². The maximum absolute atomic E-state index is 9.46. The van der Waals surface area contributed by atoms with Gasteiger partial charge in [0.15, 0.2) is 0 Å². The predicted molar refractivity (Wildman–Crippen MR) is 75.7 cm³/mol. The van der Waals surface area contributed by atoms with E-state index < -0.39 is 5.92 Å². The number of anilines is 1. The van der Waals surface area contributed by atoms with Crippen molar-refractivity contribution in [2.45, 2.75) is 5.92 Å². The molecule has 0 aliphatic rings. The highest BCUT2D eigenvalue weighted by Crippen LogP contribution is 2.30. The summed E-state index contributed by atoms with van der Waals surface area (Å²) in [6.07, 6.45) is 0. The summed E-state index contributed by atoms with van der Waals surface area (Å²) in [6.45, 7) is 0. The Bertz CT molecular complexity index is 628. The van der Waals surface area contributed by atoms with Gasteiger partial charge in [-0.25, -0.2) is 4.98 Å². The molecule has 0 saturated carbocycles. The van der Waals surface area contributed by atoms with Crippen molar-refractivity contribution in [2.24, 2.45) is 0 Å². The summed E-state index contributed by atoms with van der Waals surface area (Å²) in [5, 5.41) is 9.46. The highest BCUT2D eigenvalue weighted by Gasteiger charge is 2.19. The van der Waals surface area contributed by atoms with E-state index in [-0.39, 0.29) is 0 Å². The van der Waals surface area contributed by atoms with Crippen LogP contribution in [0.3, 0.4) is 0 Å². The summed E-state index contributed by atoms with van der Waals surface area (Å²) in [5.74, 6) is 0.413. The summed E-state index contributed by atoms with van der Waals surface area (Å²) in [5.41, 5.74) is 7.76. The Morgan fingerprint density at radius 3 is 2.55 bits per heavy atom. The van der Waals surface area contributed by atoms with E-state index in [0.717, 1.165) is 5.56 Å². The third kappa shape index (κ3) is 2.64. The monoisotopic (exact) mass is 269 g/mol. The molecule has 2 N–H and O–H groups in total. The molecule has 5 heteroatoms. The van der Waals surface area contributed by atoms with Crippen LogP contribution < -0.4 is 15.2 Å². The second-order valence-electron chi connectivity index (χ2n) is 4.17. The lowest BCUT2D eigenvalue weighted by atomic mass is 9.95. The zero-order valence-corrected chi connectivity index (χ0v) is 11.3. The van der Waals surface area contributed by atoms with Gasteiger partial charge in [0.05, 0.1) is 26.0 Å². The van der Waals surface area contributed by atoms with E-state index >= 15 is 0 Å². The molecule has 0 aliphatic carbocycles. The molecule has 0 amide bonds. The Morgan fingerprint density at radius 1 is 1.20 bits per heavy atom. The summed E-state index contributed by atoms with van der Waals surface area (Å²) in [7, 11) is 3.07. The van der Waals surface area contributed by atoms with Crippen LogP contribution in [0.4, 0.5) is 5.69 Å². The Labute approximate surface area is 117 Å². The minimum Gasteiger partial charge on any atom is -0.496 e. The number of nitrogen functional groups attached to an aromatic ring is 1. The zero-order valence-electron chi connectivity index (χ0n) is 11.3. The first kappa shape index (κ1) is 13.7. The van der Waals surface area contributed by atoms with E-state index in [1.807, 2.05) is 18.2 Å². The topological polar surface area (TPSA) is 81.2 Å². The number of hydrogen-bond donors (Lipinski definition) is 1. The van der Waals surface area contributed by atoms with Gasteiger partial charge in [0, 0.05) is 17.8 Å². The van der Waals surface area contributed by atoms with Crippen LogP contribution in [0.1, 0.15) is 17.2 Å². The second kappa shape index (κ2) is 5.93. The van der Waals surface area contributed by atoms with Crippen LogP contribution in [0.5, 0.6) is 11.6 Å². The first-order valence-electron chi connectivity index (χ1n) is 6.03. The van der Waals surface area contributed by atoms with Crippen molar-refractivity contribution in [2.75, 3.05) is 20.0 Å². The SMILES string of the molecule is COc1cc(OC)nc(C(C#N)c2ccccc2N)c1. The summed E-state index contributed by atoms with van der Waals surface area (Å²) in [6, 6.07) is 12.8. The molecular formula is C15H15N3O2. The molecule has 0 radical (unpaired) electrons. The lowest BCUT2D eigenvalue weighted by Gasteiger charge is -2.13. The standard InChI is InChI=1S/C15H15N3O2/c1-19-10-7-14(18-15(8-10)20-2)12(9-16)11-5-3-4-6-13(11)17/h3-8,12H,17H2,1-2H3. The van der Waals surface area contributed by atoms with Crippen LogP contribution in [-0.4, -0.2) is 19.2 Å². The smallest absolute Gasteiger partial charge is 0.216 e. The molecule has 0 spiro atoms. The first-order chi connectivity index (χ1) is 9.69. The lowest BCUT2D eigenvalue weighted by molar-refractivity contribution is 0.380. The van der Waals surface area contributed by atoms with Crippen molar-refractivity contribution in [3.63, 3.8) is 0 Å². The minimum atomic E-state index is -0.569. The van der Waals surface area contributed by atoms with Crippen molar-refractivity contribution in [3.05, 3.63) is 47.7 Å². The molecule has 0 bridgehead atoms. The molecule has 0 saturated heterocycles. The Balaban J connectivity index is 2.53. The number of ether oxygens (including phenoxy) is 2. The number of rotatable bonds is 4. The molecular weight excluding hydrogens is 254 g/mol. The van der Waals surface area contributed by atoms with Gasteiger partial charge >= 0.3 is 0 Å². The largest absolute Gasteiger partial charge is 0.496 e. The summed E-state index contributed by atoms with van der Waals surface area (Å²) in [4.78, 5) is 4.31. The van der Waals surface area contributed by atoms with Crippen LogP contribution in [0.2, 0.25) is 0 Å². The number of aromatic nitrogens is 1. The molecule has 2 aromatic rings. The van der Waals surface area contributed by atoms with Gasteiger partial charge in [-0.15, -0.1) is 0 Å². The van der Waals surface area contributed by atoms with E-state index in [9.17, 15) is 5.26 Å². The molecule has 1 aromatic carbocycles. The van der Waals surface area contributed by atoms with Crippen molar-refractivity contribution < 1.29 is 9.47 Å². The van der Waals surface area contributed by atoms with Gasteiger partial charge in [-0.05, 0) is 11.6 Å². The Morgan fingerprint density at radius 2 is 1.95 bits per heavy atom. The molecule has 2 rings (SSSR count). The molecule has 0 aliphatic heterocycles. The minimum absolute atomic E-state index is 0.397. The number of nitriles is 1. The number of nitrogens with zero attached hydrogens (tertiary/aromatic N) is 2. The van der Waals surface area contributed by atoms with Gasteiger partial charge < -0.3 is 15.2 Å². The van der Waals surface area contributed by atoms with E-state index in [0.29, 0.717) is 23.0 Å². The fraction of sp³-hybridized carbons (Fsp3) is 0.200. The van der Waals surface area contributed by atoms with Crippen LogP contribution in [-0.2, 0) is 0 Å². The molecule has 102 valence electrons. The van der Waals surface area contributed by atoms with Crippen LogP contribution in [0.25, 0.3) is 0 Å². The van der Waals surface area contributed by atoms with Gasteiger partial charge in [-0.2, -0.15) is 5.26 Å². The number of hydrogen-bond acceptors (Lipinski definition) is 5. The molecule has 1 aromatic heterocycles. The number of para-hydroxylation sites is 1. The van der Waals surface area contributed by atoms with Crippen molar-refractivity contribution >= 4 is 5.69 Å². The van der Waals surface area contributed by atoms with Gasteiger partial charge in [-0.3, -0.25) is 0 Å². The average molecular weight is 269 g/mol. The first-order valence-corrected chi connectivity index (χ1v) is 6.03. The molecule has 5 nitrogen and oxygen atoms in total. The van der Waals surface area contributed by atoms with E-state index in [4.69, 9.17) is 15.2 Å². The second-order valence-corrected chi connectivity index (χ2v) is 4.17. The van der Waals surface area contributed by atoms with E-state index in [1.54, 1.807) is 25.3 Å². The van der Waals surface area contributed by atoms with Gasteiger partial charge in [0.2, 0.25) is 5.88 Å². The van der Waals surface area contributed by atoms with Crippen LogP contribution in [0.15, 0.2) is 36.4 Å². The average Bonchev–Trinajstić information content (AvgIpc) is 2.49. The normalized spacial score (nSPS) is 11.4. The number of methoxy groups -OCH3 is 2. The number of pyridine rings is 1. The van der Waals surface area contributed by atoms with Crippen molar-refractivity contribution in [1.82, 2.24) is 4.98 Å². The van der Waals surface area contributed by atoms with E-state index in [1.165, 1.54) is 7.11 Å². The molecule has 20 heavy (non-hydrogen) atoms. The highest BCUT2D eigenvalue weighted by molar-refractivity contribution is 5.54. The molecule has 1 heterocycles. The third-order valence-electron chi connectivity index (χ3n) is 2.97. The maximum Gasteiger partial charge on any atom is 0.216 e. The van der Waals surface area contributed by atoms with Crippen LogP contribution in [0, 0.1) is 11.3 Å². The molecule has 1 unspecified atom stereocenters. The fourth-order valence-corrected chi connectivity index (χ4v) is 1.94. The number of nitrogens with two attached hydrogens (primary N) is 1. The maximum atomic E-state index is 9.46. The van der Waals surface area contributed by atoms with Crippen molar-refractivity contribution in [1.29, 1.82) is 5.26 Å². The van der Waals surface area contributed by atoms with E-state index in [2.05, 4.69) is 11.1 Å². The lowest BCUT2D eigenvalue weighted by Crippen LogP contribution is -2.06. The molecule has 0 fully saturated rings. The van der Waals surface area contributed by atoms with Crippen LogP contribution >= 0.6 is 0 Å².